The van der Waals surface area contributed by atoms with Gasteiger partial charge in [0.05, 0.1) is 6.04 Å². The van der Waals surface area contributed by atoms with E-state index >= 15 is 0 Å². The molecule has 0 bridgehead atoms. The number of carbonyl (C=O) groups excluding carboxylic acids is 1. The Morgan fingerprint density at radius 2 is 1.80 bits per heavy atom. The predicted molar refractivity (Wildman–Crippen MR) is 107 cm³/mol. The first-order valence-corrected chi connectivity index (χ1v) is 10.1. The van der Waals surface area contributed by atoms with Crippen molar-refractivity contribution >= 4 is 5.91 Å². The summed E-state index contributed by atoms with van der Waals surface area (Å²) >= 11 is 0. The molecule has 2 atom stereocenters. The molecule has 0 aliphatic carbocycles. The molecule has 0 spiro atoms. The first-order chi connectivity index (χ1) is 14.3. The minimum Gasteiger partial charge on any atom is -0.435 e. The van der Waals surface area contributed by atoms with Crippen LogP contribution in [0.25, 0.3) is 0 Å². The molecule has 2 aromatic rings. The number of halogens is 3. The second-order valence-electron chi connectivity index (χ2n) is 7.75. The van der Waals surface area contributed by atoms with Gasteiger partial charge in [0, 0.05) is 25.0 Å². The summed E-state index contributed by atoms with van der Waals surface area (Å²) in [5, 5.41) is 9.32. The Labute approximate surface area is 174 Å². The van der Waals surface area contributed by atoms with Crippen LogP contribution >= 0.6 is 0 Å². The van der Waals surface area contributed by atoms with Crippen LogP contribution in [0, 0.1) is 5.82 Å². The van der Waals surface area contributed by atoms with Crippen molar-refractivity contribution in [3.8, 4) is 5.75 Å². The fraction of sp³-hybridized carbons (Fsp3) is 0.435. The minimum absolute atomic E-state index is 0.0241. The largest absolute Gasteiger partial charge is 0.435 e. The molecule has 1 aliphatic heterocycles. The molecule has 0 unspecified atom stereocenters. The number of alkyl halides is 2. The number of aliphatic hydroxyl groups is 1. The standard InChI is InChI=1S/C23H26F3NO3/c1-16(17-3-9-20(10-4-17)30-22(25)26)27-13-12-23(11-2-14-28,15-21(27)29)18-5-7-19(24)8-6-18/h3-10,16,22,28H,2,11-15H2,1H3/t16-,23-/m0/s1. The van der Waals surface area contributed by atoms with Crippen LogP contribution in [0.2, 0.25) is 0 Å². The van der Waals surface area contributed by atoms with Crippen molar-refractivity contribution < 1.29 is 27.8 Å². The van der Waals surface area contributed by atoms with Gasteiger partial charge < -0.3 is 14.7 Å². The summed E-state index contributed by atoms with van der Waals surface area (Å²) in [6.07, 6.45) is 2.17. The molecule has 1 heterocycles. The second kappa shape index (κ2) is 9.51. The number of nitrogens with zero attached hydrogens (tertiary/aromatic N) is 1. The van der Waals surface area contributed by atoms with E-state index in [1.807, 2.05) is 6.92 Å². The van der Waals surface area contributed by atoms with Gasteiger partial charge in [-0.05, 0) is 61.6 Å². The molecule has 0 saturated carbocycles. The van der Waals surface area contributed by atoms with Crippen LogP contribution in [0.3, 0.4) is 0 Å². The third kappa shape index (κ3) is 4.95. The number of piperidine rings is 1. The van der Waals surface area contributed by atoms with Gasteiger partial charge in [-0.1, -0.05) is 24.3 Å². The topological polar surface area (TPSA) is 49.8 Å². The molecule has 162 valence electrons. The molecular weight excluding hydrogens is 395 g/mol. The van der Waals surface area contributed by atoms with Gasteiger partial charge in [-0.2, -0.15) is 8.78 Å². The molecular formula is C23H26F3NO3. The normalized spacial score (nSPS) is 20.5. The average molecular weight is 421 g/mol. The van der Waals surface area contributed by atoms with Gasteiger partial charge in [0.25, 0.3) is 0 Å². The molecule has 0 aromatic heterocycles. The molecule has 3 rings (SSSR count). The Kier molecular flexibility index (Phi) is 7.02. The number of aliphatic hydroxyl groups excluding tert-OH is 1. The SMILES string of the molecule is C[C@@H](c1ccc(OC(F)F)cc1)N1CC[C@](CCCO)(c2ccc(F)cc2)CC1=O. The predicted octanol–water partition coefficient (Wildman–Crippen LogP) is 4.82. The Balaban J connectivity index is 1.76. The summed E-state index contributed by atoms with van der Waals surface area (Å²) in [6.45, 7) is -0.433. The van der Waals surface area contributed by atoms with Gasteiger partial charge in [-0.25, -0.2) is 4.39 Å². The van der Waals surface area contributed by atoms with Gasteiger partial charge >= 0.3 is 6.61 Å². The Morgan fingerprint density at radius 3 is 2.37 bits per heavy atom. The van der Waals surface area contributed by atoms with E-state index in [-0.39, 0.29) is 36.5 Å². The maximum absolute atomic E-state index is 13.4. The number of likely N-dealkylation sites (tertiary alicyclic amines) is 1. The molecule has 0 radical (unpaired) electrons. The first-order valence-electron chi connectivity index (χ1n) is 10.1. The molecule has 1 aliphatic rings. The summed E-state index contributed by atoms with van der Waals surface area (Å²) < 4.78 is 42.4. The van der Waals surface area contributed by atoms with Crippen LogP contribution in [0.15, 0.2) is 48.5 Å². The summed E-state index contributed by atoms with van der Waals surface area (Å²) in [5.74, 6) is -0.276. The minimum atomic E-state index is -2.88. The Bertz CT molecular complexity index is 842. The highest BCUT2D eigenvalue weighted by atomic mass is 19.3. The van der Waals surface area contributed by atoms with Crippen molar-refractivity contribution in [2.24, 2.45) is 0 Å². The van der Waals surface area contributed by atoms with E-state index in [0.29, 0.717) is 25.8 Å². The maximum atomic E-state index is 13.4. The van der Waals surface area contributed by atoms with E-state index in [1.54, 1.807) is 29.2 Å². The van der Waals surface area contributed by atoms with Crippen LogP contribution in [0.4, 0.5) is 13.2 Å². The smallest absolute Gasteiger partial charge is 0.387 e. The molecule has 4 nitrogen and oxygen atoms in total. The summed E-state index contributed by atoms with van der Waals surface area (Å²) in [7, 11) is 0. The van der Waals surface area contributed by atoms with Crippen molar-refractivity contribution in [1.29, 1.82) is 0 Å². The first kappa shape index (κ1) is 22.2. The van der Waals surface area contributed by atoms with Crippen molar-refractivity contribution in [2.45, 2.75) is 50.7 Å². The van der Waals surface area contributed by atoms with Crippen molar-refractivity contribution in [1.82, 2.24) is 4.90 Å². The highest BCUT2D eigenvalue weighted by molar-refractivity contribution is 5.79. The lowest BCUT2D eigenvalue weighted by atomic mass is 9.69. The van der Waals surface area contributed by atoms with Gasteiger partial charge in [0.15, 0.2) is 0 Å². The molecule has 30 heavy (non-hydrogen) atoms. The van der Waals surface area contributed by atoms with E-state index in [2.05, 4.69) is 4.74 Å². The van der Waals surface area contributed by atoms with E-state index in [1.165, 1.54) is 24.3 Å². The lowest BCUT2D eigenvalue weighted by Gasteiger charge is -2.44. The Morgan fingerprint density at radius 1 is 1.13 bits per heavy atom. The maximum Gasteiger partial charge on any atom is 0.387 e. The number of ether oxygens (including phenoxy) is 1. The second-order valence-corrected chi connectivity index (χ2v) is 7.75. The monoisotopic (exact) mass is 421 g/mol. The Hall–Kier alpha value is -2.54. The number of benzene rings is 2. The van der Waals surface area contributed by atoms with Gasteiger partial charge in [-0.15, -0.1) is 0 Å². The number of rotatable bonds is 8. The molecule has 1 fully saturated rings. The van der Waals surface area contributed by atoms with Crippen molar-refractivity contribution in [2.75, 3.05) is 13.2 Å². The van der Waals surface area contributed by atoms with E-state index in [9.17, 15) is 23.1 Å². The fourth-order valence-electron chi connectivity index (χ4n) is 4.28. The average Bonchev–Trinajstić information content (AvgIpc) is 2.72. The van der Waals surface area contributed by atoms with Crippen molar-refractivity contribution in [3.05, 3.63) is 65.5 Å². The molecule has 1 N–H and O–H groups in total. The number of amides is 1. The molecule has 1 saturated heterocycles. The van der Waals surface area contributed by atoms with Gasteiger partial charge in [-0.3, -0.25) is 4.79 Å². The summed E-state index contributed by atoms with van der Waals surface area (Å²) in [4.78, 5) is 14.9. The number of hydrogen-bond acceptors (Lipinski definition) is 3. The number of carbonyl (C=O) groups is 1. The summed E-state index contributed by atoms with van der Waals surface area (Å²) in [6, 6.07) is 12.3. The van der Waals surface area contributed by atoms with Crippen molar-refractivity contribution in [3.63, 3.8) is 0 Å². The van der Waals surface area contributed by atoms with Crippen LogP contribution in [-0.2, 0) is 10.2 Å². The summed E-state index contributed by atoms with van der Waals surface area (Å²) in [5.41, 5.74) is 1.31. The third-order valence-electron chi connectivity index (χ3n) is 5.97. The zero-order chi connectivity index (χ0) is 21.7. The molecule has 2 aromatic carbocycles. The molecule has 1 amide bonds. The van der Waals surface area contributed by atoms with Crippen LogP contribution in [-0.4, -0.2) is 35.7 Å². The fourth-order valence-corrected chi connectivity index (χ4v) is 4.28. The van der Waals surface area contributed by atoms with Crippen LogP contribution < -0.4 is 4.74 Å². The van der Waals surface area contributed by atoms with Gasteiger partial charge in [0.1, 0.15) is 11.6 Å². The number of hydrogen-bond donors (Lipinski definition) is 1. The van der Waals surface area contributed by atoms with Crippen LogP contribution in [0.1, 0.15) is 49.8 Å². The third-order valence-corrected chi connectivity index (χ3v) is 5.97. The van der Waals surface area contributed by atoms with E-state index < -0.39 is 12.0 Å². The lowest BCUT2D eigenvalue weighted by molar-refractivity contribution is -0.138. The van der Waals surface area contributed by atoms with E-state index in [4.69, 9.17) is 0 Å². The molecule has 7 heteroatoms. The highest BCUT2D eigenvalue weighted by Crippen LogP contribution is 2.42. The van der Waals surface area contributed by atoms with Gasteiger partial charge in [0.2, 0.25) is 5.91 Å². The van der Waals surface area contributed by atoms with Crippen LogP contribution in [0.5, 0.6) is 5.75 Å². The lowest BCUT2D eigenvalue weighted by Crippen LogP contribution is -2.47. The van der Waals surface area contributed by atoms with E-state index in [0.717, 1.165) is 11.1 Å². The highest BCUT2D eigenvalue weighted by Gasteiger charge is 2.41. The zero-order valence-electron chi connectivity index (χ0n) is 16.9. The quantitative estimate of drug-likeness (QED) is 0.665. The zero-order valence-corrected chi connectivity index (χ0v) is 16.9.